The van der Waals surface area contributed by atoms with Crippen LogP contribution < -0.4 is 10.6 Å². The highest BCUT2D eigenvalue weighted by Crippen LogP contribution is 2.33. The van der Waals surface area contributed by atoms with Crippen molar-refractivity contribution in [3.05, 3.63) is 48.6 Å². The van der Waals surface area contributed by atoms with Gasteiger partial charge >= 0.3 is 0 Å². The van der Waals surface area contributed by atoms with Crippen LogP contribution in [0.15, 0.2) is 42.9 Å². The van der Waals surface area contributed by atoms with E-state index in [0.29, 0.717) is 29.7 Å². The maximum atomic E-state index is 12.2. The first-order valence-electron chi connectivity index (χ1n) is 10.6. The molecular formula is C23H23N7O2. The Kier molecular flexibility index (Phi) is 5.14. The zero-order valence-corrected chi connectivity index (χ0v) is 17.9. The molecular weight excluding hydrogens is 406 g/mol. The smallest absolute Gasteiger partial charge is 0.228 e. The van der Waals surface area contributed by atoms with Crippen LogP contribution in [-0.4, -0.2) is 44.1 Å². The minimum absolute atomic E-state index is 0.0119. The number of aromatic nitrogens is 5. The second kappa shape index (κ2) is 8.26. The maximum absolute atomic E-state index is 12.2. The molecule has 0 unspecified atom stereocenters. The number of carbonyl (C=O) groups is 1. The zero-order valence-electron chi connectivity index (χ0n) is 17.9. The van der Waals surface area contributed by atoms with E-state index < -0.39 is 0 Å². The molecule has 1 saturated carbocycles. The maximum Gasteiger partial charge on any atom is 0.228 e. The molecule has 0 saturated heterocycles. The summed E-state index contributed by atoms with van der Waals surface area (Å²) in [5, 5.41) is 12.4. The van der Waals surface area contributed by atoms with E-state index in [1.807, 2.05) is 44.3 Å². The second-order valence-corrected chi connectivity index (χ2v) is 7.56. The van der Waals surface area contributed by atoms with Gasteiger partial charge in [0.25, 0.3) is 0 Å². The Morgan fingerprint density at radius 2 is 2.12 bits per heavy atom. The van der Waals surface area contributed by atoms with Gasteiger partial charge in [-0.3, -0.25) is 4.79 Å². The monoisotopic (exact) mass is 429 g/mol. The van der Waals surface area contributed by atoms with E-state index >= 15 is 0 Å². The number of amides is 1. The van der Waals surface area contributed by atoms with E-state index in [-0.39, 0.29) is 11.8 Å². The highest BCUT2D eigenvalue weighted by atomic mass is 16.5. The fraction of sp³-hybridized carbons (Fsp3) is 0.261. The molecule has 9 heteroatoms. The highest BCUT2D eigenvalue weighted by molar-refractivity contribution is 6.03. The van der Waals surface area contributed by atoms with Crippen LogP contribution in [0.2, 0.25) is 0 Å². The van der Waals surface area contributed by atoms with Crippen LogP contribution in [0.25, 0.3) is 33.9 Å². The molecule has 32 heavy (non-hydrogen) atoms. The summed E-state index contributed by atoms with van der Waals surface area (Å²) in [6.45, 7) is 2.53. The first kappa shape index (κ1) is 19.9. The summed E-state index contributed by atoms with van der Waals surface area (Å²) in [6, 6.07) is 7.62. The second-order valence-electron chi connectivity index (χ2n) is 7.56. The molecule has 0 spiro atoms. The molecule has 162 valence electrons. The van der Waals surface area contributed by atoms with Crippen LogP contribution in [0.3, 0.4) is 0 Å². The third-order valence-corrected chi connectivity index (χ3v) is 5.34. The summed E-state index contributed by atoms with van der Waals surface area (Å²) in [4.78, 5) is 25.9. The first-order chi connectivity index (χ1) is 15.7. The number of hydrogen-bond acceptors (Lipinski definition) is 7. The average molecular weight is 429 g/mol. The number of carbonyl (C=O) groups excluding carboxylic acids is 1. The molecule has 0 bridgehead atoms. The third-order valence-electron chi connectivity index (χ3n) is 5.34. The summed E-state index contributed by atoms with van der Waals surface area (Å²) >= 11 is 0. The Labute approximate surface area is 184 Å². The molecule has 4 aromatic rings. The molecule has 0 atom stereocenters. The largest absolute Gasteiger partial charge is 0.501 e. The molecule has 5 rings (SSSR count). The van der Waals surface area contributed by atoms with Crippen molar-refractivity contribution in [3.63, 3.8) is 0 Å². The van der Waals surface area contributed by atoms with Gasteiger partial charge in [-0.25, -0.2) is 19.5 Å². The van der Waals surface area contributed by atoms with E-state index in [1.165, 1.54) is 0 Å². The summed E-state index contributed by atoms with van der Waals surface area (Å²) in [7, 11) is 1.81. The topological polar surface area (TPSA) is 106 Å². The molecule has 0 radical (unpaired) electrons. The number of ether oxygens (including phenoxy) is 1. The Balaban J connectivity index is 1.61. The molecule has 1 amide bonds. The fourth-order valence-corrected chi connectivity index (χ4v) is 3.53. The lowest BCUT2D eigenvalue weighted by Crippen LogP contribution is -2.14. The number of rotatable bonds is 7. The Bertz CT molecular complexity index is 1340. The van der Waals surface area contributed by atoms with Gasteiger partial charge < -0.3 is 15.4 Å². The Hall–Kier alpha value is -4.01. The van der Waals surface area contributed by atoms with Gasteiger partial charge in [0.2, 0.25) is 5.91 Å². The predicted molar refractivity (Wildman–Crippen MR) is 123 cm³/mol. The van der Waals surface area contributed by atoms with Crippen LogP contribution in [0.4, 0.5) is 11.6 Å². The summed E-state index contributed by atoms with van der Waals surface area (Å²) < 4.78 is 7.09. The lowest BCUT2D eigenvalue weighted by Gasteiger charge is -2.10. The minimum Gasteiger partial charge on any atom is -0.501 e. The SMILES string of the molecule is CCOC=Cc1cccc2nc(-c3cnc(NC)c4cnc(NC(=O)C5CC5)cc34)nn12. The minimum atomic E-state index is 0.0119. The van der Waals surface area contributed by atoms with Crippen molar-refractivity contribution in [2.45, 2.75) is 19.8 Å². The van der Waals surface area contributed by atoms with Crippen LogP contribution >= 0.6 is 0 Å². The van der Waals surface area contributed by atoms with E-state index in [9.17, 15) is 4.79 Å². The number of fused-ring (bicyclic) bond motifs is 2. The van der Waals surface area contributed by atoms with Crippen LogP contribution in [0.1, 0.15) is 25.5 Å². The third kappa shape index (κ3) is 3.73. The number of pyridine rings is 3. The average Bonchev–Trinajstić information content (AvgIpc) is 3.57. The number of anilines is 2. The first-order valence-corrected chi connectivity index (χ1v) is 10.6. The quantitative estimate of drug-likeness (QED) is 0.431. The molecule has 2 N–H and O–H groups in total. The van der Waals surface area contributed by atoms with Crippen molar-refractivity contribution in [2.24, 2.45) is 5.92 Å². The molecule has 1 aliphatic rings. The van der Waals surface area contributed by atoms with Crippen LogP contribution in [-0.2, 0) is 9.53 Å². The van der Waals surface area contributed by atoms with Crippen molar-refractivity contribution >= 4 is 40.0 Å². The summed E-state index contributed by atoms with van der Waals surface area (Å²) in [6.07, 6.45) is 8.82. The standard InChI is InChI=1S/C23H23N7O2/c1-3-32-10-9-15-5-4-6-20-28-22(29-30(15)20)18-13-26-21(24-2)17-12-25-19(11-16(17)18)27-23(31)14-7-8-14/h4-6,9-14H,3,7-8H2,1-2H3,(H,24,26)(H,25,27,31). The van der Waals surface area contributed by atoms with Gasteiger partial charge in [-0.15, -0.1) is 5.10 Å². The van der Waals surface area contributed by atoms with Crippen molar-refractivity contribution in [1.82, 2.24) is 24.6 Å². The number of nitrogens with one attached hydrogen (secondary N) is 2. The molecule has 9 nitrogen and oxygen atoms in total. The van der Waals surface area contributed by atoms with Crippen molar-refractivity contribution in [1.29, 1.82) is 0 Å². The molecule has 0 aromatic carbocycles. The van der Waals surface area contributed by atoms with E-state index in [0.717, 1.165) is 34.9 Å². The summed E-state index contributed by atoms with van der Waals surface area (Å²) in [5.41, 5.74) is 2.31. The highest BCUT2D eigenvalue weighted by Gasteiger charge is 2.30. The van der Waals surface area contributed by atoms with Crippen molar-refractivity contribution in [2.75, 3.05) is 24.3 Å². The predicted octanol–water partition coefficient (Wildman–Crippen LogP) is 3.74. The molecule has 0 aliphatic heterocycles. The molecule has 1 fully saturated rings. The van der Waals surface area contributed by atoms with Crippen LogP contribution in [0.5, 0.6) is 0 Å². The number of nitrogens with zero attached hydrogens (tertiary/aromatic N) is 5. The zero-order chi connectivity index (χ0) is 22.1. The fourth-order valence-electron chi connectivity index (χ4n) is 3.53. The molecule has 4 aromatic heterocycles. The van der Waals surface area contributed by atoms with Gasteiger partial charge in [-0.1, -0.05) is 6.07 Å². The van der Waals surface area contributed by atoms with E-state index in [2.05, 4.69) is 20.6 Å². The van der Waals surface area contributed by atoms with Crippen molar-refractivity contribution in [3.8, 4) is 11.4 Å². The van der Waals surface area contributed by atoms with Crippen LogP contribution in [0, 0.1) is 5.92 Å². The lowest BCUT2D eigenvalue weighted by molar-refractivity contribution is -0.117. The van der Waals surface area contributed by atoms with Gasteiger partial charge in [-0.2, -0.15) is 0 Å². The number of hydrogen-bond donors (Lipinski definition) is 2. The van der Waals surface area contributed by atoms with Gasteiger partial charge in [0, 0.05) is 41.7 Å². The van der Waals surface area contributed by atoms with E-state index in [1.54, 1.807) is 23.2 Å². The summed E-state index contributed by atoms with van der Waals surface area (Å²) in [5.74, 6) is 1.85. The molecule has 4 heterocycles. The van der Waals surface area contributed by atoms with Gasteiger partial charge in [0.15, 0.2) is 11.5 Å². The Morgan fingerprint density at radius 1 is 1.25 bits per heavy atom. The van der Waals surface area contributed by atoms with Gasteiger partial charge in [0.1, 0.15) is 11.6 Å². The lowest BCUT2D eigenvalue weighted by atomic mass is 10.1. The van der Waals surface area contributed by atoms with Gasteiger partial charge in [0.05, 0.1) is 18.6 Å². The Morgan fingerprint density at radius 3 is 2.91 bits per heavy atom. The molecule has 1 aliphatic carbocycles. The van der Waals surface area contributed by atoms with E-state index in [4.69, 9.17) is 14.8 Å². The van der Waals surface area contributed by atoms with Gasteiger partial charge in [-0.05, 0) is 44.0 Å². The van der Waals surface area contributed by atoms with Crippen molar-refractivity contribution < 1.29 is 9.53 Å². The normalized spacial score (nSPS) is 13.7.